The molecule has 0 spiro atoms. The quantitative estimate of drug-likeness (QED) is 0.0838. The van der Waals surface area contributed by atoms with Gasteiger partial charge in [-0.05, 0) is 186 Å². The number of nitriles is 2. The molecule has 6 aromatic carbocycles. The Morgan fingerprint density at radius 1 is 0.661 bits per heavy atom. The van der Waals surface area contributed by atoms with Crippen molar-refractivity contribution in [1.29, 1.82) is 10.5 Å². The number of hydrogen-bond acceptors (Lipinski definition) is 6. The molecule has 0 aliphatic rings. The molecule has 296 valence electrons. The molecule has 0 saturated heterocycles. The Labute approximate surface area is 409 Å². The van der Waals surface area contributed by atoms with Crippen LogP contribution in [0.3, 0.4) is 0 Å². The number of aryl methyl sites for hydroxylation is 2. The average Bonchev–Trinajstić information content (AvgIpc) is 3.19. The Morgan fingerprint density at radius 2 is 1.12 bits per heavy atom. The van der Waals surface area contributed by atoms with Crippen LogP contribution in [0.1, 0.15) is 65.6 Å². The molecular formula is C44H27Cl3I4N4O4. The van der Waals surface area contributed by atoms with Gasteiger partial charge in [-0.1, -0.05) is 83.3 Å². The number of rotatable bonds is 9. The van der Waals surface area contributed by atoms with Crippen LogP contribution >= 0.6 is 125 Å². The SMILES string of the molecule is Cc1cc(C(C#N)c2ccc(C(C#N)(c3ccc(Cl)cc3)c3cc(C)c(NC(=O)c4cc(I)cc(I)c4O)cc3Cl)cc2)c(Cl)cc1NC(=O)c1cc(I)cc(I)c1O. The molecule has 15 heteroatoms. The van der Waals surface area contributed by atoms with Gasteiger partial charge >= 0.3 is 0 Å². The number of phenols is 2. The first-order chi connectivity index (χ1) is 28.0. The third-order valence-electron chi connectivity index (χ3n) is 9.67. The van der Waals surface area contributed by atoms with Gasteiger partial charge in [0.25, 0.3) is 11.8 Å². The number of aromatic hydroxyl groups is 2. The molecule has 0 radical (unpaired) electrons. The van der Waals surface area contributed by atoms with E-state index >= 15 is 0 Å². The van der Waals surface area contributed by atoms with Crippen LogP contribution < -0.4 is 10.6 Å². The van der Waals surface area contributed by atoms with Crippen molar-refractivity contribution in [3.05, 3.63) is 176 Å². The number of nitrogens with zero attached hydrogens (tertiary/aromatic N) is 2. The molecule has 6 rings (SSSR count). The molecule has 0 aromatic heterocycles. The van der Waals surface area contributed by atoms with Crippen molar-refractivity contribution in [2.45, 2.75) is 25.2 Å². The van der Waals surface area contributed by atoms with Crippen molar-refractivity contribution in [3.8, 4) is 23.6 Å². The zero-order valence-corrected chi connectivity index (χ0v) is 41.5. The van der Waals surface area contributed by atoms with E-state index in [1.807, 2.05) is 45.2 Å². The Kier molecular flexibility index (Phi) is 14.3. The van der Waals surface area contributed by atoms with Crippen molar-refractivity contribution < 1.29 is 19.8 Å². The predicted octanol–water partition coefficient (Wildman–Crippen LogP) is 13.1. The predicted molar refractivity (Wildman–Crippen MR) is 266 cm³/mol. The lowest BCUT2D eigenvalue weighted by molar-refractivity contribution is 0.101. The second-order valence-corrected chi connectivity index (χ2v) is 19.4. The summed E-state index contributed by atoms with van der Waals surface area (Å²) in [7, 11) is 0. The molecule has 2 unspecified atom stereocenters. The third kappa shape index (κ3) is 9.29. The van der Waals surface area contributed by atoms with Crippen LogP contribution in [-0.4, -0.2) is 22.0 Å². The van der Waals surface area contributed by atoms with Gasteiger partial charge in [0.15, 0.2) is 0 Å². The lowest BCUT2D eigenvalue weighted by Crippen LogP contribution is -2.28. The molecule has 0 bridgehead atoms. The number of carbonyl (C=O) groups excluding carboxylic acids is 2. The number of amides is 2. The van der Waals surface area contributed by atoms with Gasteiger partial charge in [-0.3, -0.25) is 9.59 Å². The van der Waals surface area contributed by atoms with Crippen molar-refractivity contribution in [2.24, 2.45) is 0 Å². The first-order valence-electron chi connectivity index (χ1n) is 17.3. The first kappa shape index (κ1) is 45.2. The number of nitrogens with one attached hydrogen (secondary N) is 2. The molecule has 4 N–H and O–H groups in total. The fourth-order valence-corrected chi connectivity index (χ4v) is 11.0. The maximum atomic E-state index is 13.4. The van der Waals surface area contributed by atoms with Crippen LogP contribution in [0.5, 0.6) is 11.5 Å². The van der Waals surface area contributed by atoms with Crippen LogP contribution in [0, 0.1) is 50.8 Å². The Hall–Kier alpha value is -3.37. The maximum Gasteiger partial charge on any atom is 0.259 e. The zero-order valence-electron chi connectivity index (χ0n) is 30.6. The summed E-state index contributed by atoms with van der Waals surface area (Å²) < 4.78 is 2.64. The summed E-state index contributed by atoms with van der Waals surface area (Å²) in [5.74, 6) is -2.11. The monoisotopic (exact) mass is 1290 g/mol. The maximum absolute atomic E-state index is 13.4. The zero-order chi connectivity index (χ0) is 42.9. The van der Waals surface area contributed by atoms with Crippen molar-refractivity contribution in [1.82, 2.24) is 0 Å². The summed E-state index contributed by atoms with van der Waals surface area (Å²) in [5, 5.41) is 49.4. The van der Waals surface area contributed by atoms with Gasteiger partial charge in [-0.15, -0.1) is 0 Å². The number of anilines is 2. The molecule has 59 heavy (non-hydrogen) atoms. The largest absolute Gasteiger partial charge is 0.506 e. The highest BCUT2D eigenvalue weighted by Crippen LogP contribution is 2.45. The third-order valence-corrected chi connectivity index (χ3v) is 13.4. The van der Waals surface area contributed by atoms with E-state index in [2.05, 4.69) is 68.0 Å². The molecule has 6 aromatic rings. The van der Waals surface area contributed by atoms with Crippen LogP contribution in [0.15, 0.2) is 97.1 Å². The van der Waals surface area contributed by atoms with Gasteiger partial charge in [0.1, 0.15) is 16.9 Å². The van der Waals surface area contributed by atoms with Crippen molar-refractivity contribution >= 4 is 148 Å². The van der Waals surface area contributed by atoms with Crippen LogP contribution in [-0.2, 0) is 5.41 Å². The highest BCUT2D eigenvalue weighted by molar-refractivity contribution is 14.1. The van der Waals surface area contributed by atoms with Crippen LogP contribution in [0.4, 0.5) is 11.4 Å². The van der Waals surface area contributed by atoms with E-state index in [1.165, 1.54) is 0 Å². The average molecular weight is 1290 g/mol. The smallest absolute Gasteiger partial charge is 0.259 e. The molecule has 8 nitrogen and oxygen atoms in total. The normalized spacial score (nSPS) is 12.5. The van der Waals surface area contributed by atoms with Crippen LogP contribution in [0.2, 0.25) is 15.1 Å². The van der Waals surface area contributed by atoms with Gasteiger partial charge < -0.3 is 20.8 Å². The second kappa shape index (κ2) is 18.7. The number of carbonyl (C=O) groups is 2. The van der Waals surface area contributed by atoms with Gasteiger partial charge in [0, 0.05) is 39.1 Å². The summed E-state index contributed by atoms with van der Waals surface area (Å²) in [6.45, 7) is 3.57. The number of hydrogen-bond donors (Lipinski definition) is 4. The summed E-state index contributed by atoms with van der Waals surface area (Å²) in [4.78, 5) is 26.6. The highest BCUT2D eigenvalue weighted by Gasteiger charge is 2.39. The molecule has 0 fully saturated rings. The van der Waals surface area contributed by atoms with E-state index in [0.717, 1.165) is 7.14 Å². The fourth-order valence-electron chi connectivity index (χ4n) is 6.64. The number of benzene rings is 6. The van der Waals surface area contributed by atoms with E-state index < -0.39 is 23.1 Å². The van der Waals surface area contributed by atoms with Gasteiger partial charge in [-0.2, -0.15) is 10.5 Å². The number of halogens is 7. The molecule has 0 aliphatic carbocycles. The van der Waals surface area contributed by atoms with Crippen molar-refractivity contribution in [3.63, 3.8) is 0 Å². The second-order valence-electron chi connectivity index (χ2n) is 13.4. The summed E-state index contributed by atoms with van der Waals surface area (Å²) in [6.07, 6.45) is 0. The molecule has 2 amide bonds. The van der Waals surface area contributed by atoms with E-state index in [1.54, 1.807) is 111 Å². The number of phenolic OH excluding ortho intramolecular Hbond substituents is 2. The molecule has 2 atom stereocenters. The minimum atomic E-state index is -1.48. The Bertz CT molecular complexity index is 2770. The van der Waals surface area contributed by atoms with Gasteiger partial charge in [-0.25, -0.2) is 0 Å². The Balaban J connectivity index is 1.36. The first-order valence-corrected chi connectivity index (χ1v) is 22.7. The van der Waals surface area contributed by atoms with Gasteiger partial charge in [0.05, 0.1) is 36.3 Å². The van der Waals surface area contributed by atoms with E-state index in [0.29, 0.717) is 62.5 Å². The Morgan fingerprint density at radius 3 is 1.59 bits per heavy atom. The summed E-state index contributed by atoms with van der Waals surface area (Å²) >= 11 is 28.2. The van der Waals surface area contributed by atoms with Crippen LogP contribution in [0.25, 0.3) is 0 Å². The molecule has 0 saturated carbocycles. The fraction of sp³-hybridized carbons (Fsp3) is 0.0909. The minimum absolute atomic E-state index is 0.109. The molecule has 0 heterocycles. The lowest BCUT2D eigenvalue weighted by atomic mass is 9.70. The summed E-state index contributed by atoms with van der Waals surface area (Å²) in [5.41, 5.74) is 3.52. The lowest BCUT2D eigenvalue weighted by Gasteiger charge is -2.31. The topological polar surface area (TPSA) is 146 Å². The molecular weight excluding hydrogens is 1260 g/mol. The van der Waals surface area contributed by atoms with E-state index in [-0.39, 0.29) is 32.7 Å². The summed E-state index contributed by atoms with van der Waals surface area (Å²) in [6, 6.07) is 32.2. The standard InChI is InChI=1S/C44H27Cl3I4N4O4/c1-21-11-29(34(46)17-38(21)54-42(58)30-13-27(48)15-36(50)40(30)56)32(19-52)23-3-5-24(6-4-23)44(20-53,25-7-9-26(45)10-8-25)33-12-22(2)39(18-35(33)47)55-43(59)31-14-28(49)16-37(51)41(31)57/h3-18,32,56-57H,1-2H3,(H,54,58)(H,55,59). The van der Waals surface area contributed by atoms with Gasteiger partial charge in [0.2, 0.25) is 0 Å². The molecule has 0 aliphatic heterocycles. The highest BCUT2D eigenvalue weighted by atomic mass is 127. The minimum Gasteiger partial charge on any atom is -0.506 e. The van der Waals surface area contributed by atoms with E-state index in [4.69, 9.17) is 34.8 Å². The van der Waals surface area contributed by atoms with E-state index in [9.17, 15) is 30.3 Å². The van der Waals surface area contributed by atoms with Crippen molar-refractivity contribution in [2.75, 3.05) is 10.6 Å².